The highest BCUT2D eigenvalue weighted by Gasteiger charge is 2.38. The van der Waals surface area contributed by atoms with Gasteiger partial charge in [-0.05, 0) is 89.0 Å². The number of Topliss-reactive ketones (excluding diaryl/α,β-unsaturated/α-hetero) is 1. The van der Waals surface area contributed by atoms with Gasteiger partial charge in [0.2, 0.25) is 0 Å². The Balaban J connectivity index is 1.24. The SMILES string of the molecule is COC(=O)C1=C(C)NC(C)=C(C(=O)OCCCCCCN2CCC(C(=O)c3ccc(F)cc3)CC2)C1c1cccc([N+](=O)[O-])c1. The highest BCUT2D eigenvalue weighted by Crippen LogP contribution is 2.40. The van der Waals surface area contributed by atoms with Crippen LogP contribution in [0.15, 0.2) is 71.1 Å². The highest BCUT2D eigenvalue weighted by molar-refractivity contribution is 6.00. The van der Waals surface area contributed by atoms with Gasteiger partial charge in [-0.15, -0.1) is 0 Å². The van der Waals surface area contributed by atoms with Gasteiger partial charge in [0.05, 0.1) is 35.7 Å². The number of piperidine rings is 1. The van der Waals surface area contributed by atoms with Crippen LogP contribution in [0, 0.1) is 21.8 Å². The number of nitrogens with one attached hydrogen (secondary N) is 1. The molecule has 2 aromatic carbocycles. The Morgan fingerprint density at radius 2 is 1.60 bits per heavy atom. The maximum atomic E-state index is 13.4. The van der Waals surface area contributed by atoms with Gasteiger partial charge in [0.1, 0.15) is 5.82 Å². The van der Waals surface area contributed by atoms with Gasteiger partial charge in [-0.2, -0.15) is 0 Å². The molecule has 0 aliphatic carbocycles. The number of carbonyl (C=O) groups is 3. The molecule has 0 spiro atoms. The standard InChI is InChI=1S/C34H40FN3O7/c1-22-29(33(40)44-3)31(26-9-8-10-28(21-26)38(42)43)30(23(2)36-22)34(41)45-20-7-5-4-6-17-37-18-15-25(16-19-37)32(39)24-11-13-27(35)14-12-24/h8-14,21,25,31,36H,4-7,15-20H2,1-3H3. The van der Waals surface area contributed by atoms with E-state index in [-0.39, 0.29) is 41.0 Å². The van der Waals surface area contributed by atoms with E-state index in [1.165, 1.54) is 37.4 Å². The Morgan fingerprint density at radius 1 is 0.956 bits per heavy atom. The van der Waals surface area contributed by atoms with Crippen LogP contribution in [-0.4, -0.2) is 60.9 Å². The number of unbranched alkanes of at least 4 members (excludes halogenated alkanes) is 3. The summed E-state index contributed by atoms with van der Waals surface area (Å²) in [5.41, 5.74) is 2.24. The van der Waals surface area contributed by atoms with E-state index in [4.69, 9.17) is 9.47 Å². The number of ether oxygens (including phenoxy) is 2. The Bertz CT molecular complexity index is 1480. The van der Waals surface area contributed by atoms with E-state index in [0.29, 0.717) is 28.9 Å². The summed E-state index contributed by atoms with van der Waals surface area (Å²) in [5.74, 6) is -2.41. The zero-order valence-corrected chi connectivity index (χ0v) is 26.0. The molecule has 0 aromatic heterocycles. The van der Waals surface area contributed by atoms with Gasteiger partial charge in [-0.1, -0.05) is 25.0 Å². The topological polar surface area (TPSA) is 128 Å². The molecule has 2 aliphatic rings. The number of rotatable bonds is 13. The summed E-state index contributed by atoms with van der Waals surface area (Å²) < 4.78 is 23.8. The lowest BCUT2D eigenvalue weighted by Crippen LogP contribution is -2.36. The zero-order chi connectivity index (χ0) is 32.5. The van der Waals surface area contributed by atoms with Crippen molar-refractivity contribution in [1.29, 1.82) is 0 Å². The Hall–Kier alpha value is -4.38. The molecule has 11 heteroatoms. The lowest BCUT2D eigenvalue weighted by molar-refractivity contribution is -0.384. The van der Waals surface area contributed by atoms with Gasteiger partial charge in [-0.3, -0.25) is 14.9 Å². The van der Waals surface area contributed by atoms with E-state index in [1.807, 2.05) is 0 Å². The van der Waals surface area contributed by atoms with Crippen molar-refractivity contribution in [3.8, 4) is 0 Å². The predicted octanol–water partition coefficient (Wildman–Crippen LogP) is 5.84. The highest BCUT2D eigenvalue weighted by atomic mass is 19.1. The van der Waals surface area contributed by atoms with Crippen molar-refractivity contribution in [2.75, 3.05) is 33.4 Å². The monoisotopic (exact) mass is 621 g/mol. The third kappa shape index (κ3) is 8.42. The Kier molecular flexibility index (Phi) is 11.6. The Labute approximate surface area is 262 Å². The first kappa shape index (κ1) is 33.5. The average molecular weight is 622 g/mol. The number of dihydropyridines is 1. The fourth-order valence-corrected chi connectivity index (χ4v) is 6.10. The van der Waals surface area contributed by atoms with Crippen LogP contribution in [0.3, 0.4) is 0 Å². The van der Waals surface area contributed by atoms with E-state index in [9.17, 15) is 28.9 Å². The van der Waals surface area contributed by atoms with Crippen molar-refractivity contribution in [1.82, 2.24) is 10.2 Å². The Morgan fingerprint density at radius 3 is 2.24 bits per heavy atom. The summed E-state index contributed by atoms with van der Waals surface area (Å²) in [7, 11) is 1.25. The molecule has 1 N–H and O–H groups in total. The molecule has 0 bridgehead atoms. The van der Waals surface area contributed by atoms with Crippen LogP contribution in [0.2, 0.25) is 0 Å². The second kappa shape index (κ2) is 15.6. The van der Waals surface area contributed by atoms with Crippen LogP contribution in [0.4, 0.5) is 10.1 Å². The number of ketones is 1. The number of non-ortho nitro benzene ring substituents is 1. The van der Waals surface area contributed by atoms with Gasteiger partial charge in [0.15, 0.2) is 5.78 Å². The van der Waals surface area contributed by atoms with Gasteiger partial charge in [0, 0.05) is 35.0 Å². The maximum Gasteiger partial charge on any atom is 0.336 e. The van der Waals surface area contributed by atoms with Gasteiger partial charge < -0.3 is 19.7 Å². The quantitative estimate of drug-likeness (QED) is 0.0964. The second-order valence-electron chi connectivity index (χ2n) is 11.5. The number of halogens is 1. The minimum absolute atomic E-state index is 0.0285. The third-order valence-corrected chi connectivity index (χ3v) is 8.49. The number of likely N-dealkylation sites (tertiary alicyclic amines) is 1. The van der Waals surface area contributed by atoms with Crippen molar-refractivity contribution in [3.05, 3.63) is 98.1 Å². The summed E-state index contributed by atoms with van der Waals surface area (Å²) in [6, 6.07) is 11.6. The normalized spacial score (nSPS) is 17.6. The first-order chi connectivity index (χ1) is 21.6. The molecular weight excluding hydrogens is 581 g/mol. The van der Waals surface area contributed by atoms with E-state index < -0.39 is 22.8 Å². The number of allylic oxidation sites excluding steroid dienone is 2. The number of nitro benzene ring substituents is 1. The number of methoxy groups -OCH3 is 1. The number of esters is 2. The number of nitro groups is 1. The molecule has 1 fully saturated rings. The smallest absolute Gasteiger partial charge is 0.336 e. The minimum Gasteiger partial charge on any atom is -0.466 e. The number of benzene rings is 2. The van der Waals surface area contributed by atoms with Crippen LogP contribution in [-0.2, 0) is 19.1 Å². The van der Waals surface area contributed by atoms with Gasteiger partial charge >= 0.3 is 11.9 Å². The van der Waals surface area contributed by atoms with Crippen molar-refractivity contribution >= 4 is 23.4 Å². The van der Waals surface area contributed by atoms with Gasteiger partial charge in [0.25, 0.3) is 5.69 Å². The molecule has 4 rings (SSSR count). The lowest BCUT2D eigenvalue weighted by atomic mass is 9.80. The van der Waals surface area contributed by atoms with Gasteiger partial charge in [-0.25, -0.2) is 14.0 Å². The maximum absolute atomic E-state index is 13.4. The summed E-state index contributed by atoms with van der Waals surface area (Å²) in [5, 5.41) is 14.5. The molecule has 45 heavy (non-hydrogen) atoms. The molecule has 2 heterocycles. The number of carbonyl (C=O) groups excluding carboxylic acids is 3. The summed E-state index contributed by atoms with van der Waals surface area (Å²) in [6.45, 7) is 6.24. The molecular formula is C34H40FN3O7. The van der Waals surface area contributed by atoms with Crippen molar-refractivity contribution in [2.24, 2.45) is 5.92 Å². The molecule has 2 aliphatic heterocycles. The van der Waals surface area contributed by atoms with Crippen molar-refractivity contribution < 1.29 is 33.2 Å². The van der Waals surface area contributed by atoms with E-state index >= 15 is 0 Å². The summed E-state index contributed by atoms with van der Waals surface area (Å²) >= 11 is 0. The molecule has 2 aromatic rings. The van der Waals surface area contributed by atoms with E-state index in [0.717, 1.165) is 51.7 Å². The molecule has 1 saturated heterocycles. The number of nitrogens with zero attached hydrogens (tertiary/aromatic N) is 2. The predicted molar refractivity (Wildman–Crippen MR) is 166 cm³/mol. The molecule has 1 atom stereocenters. The van der Waals surface area contributed by atoms with Crippen LogP contribution in [0.5, 0.6) is 0 Å². The summed E-state index contributed by atoms with van der Waals surface area (Å²) in [6.07, 6.45) is 5.06. The fraction of sp³-hybridized carbons (Fsp3) is 0.441. The van der Waals surface area contributed by atoms with E-state index in [1.54, 1.807) is 32.0 Å². The third-order valence-electron chi connectivity index (χ3n) is 8.49. The number of hydrogen-bond acceptors (Lipinski definition) is 9. The molecule has 10 nitrogen and oxygen atoms in total. The summed E-state index contributed by atoms with van der Waals surface area (Å²) in [4.78, 5) is 52.2. The first-order valence-electron chi connectivity index (χ1n) is 15.3. The zero-order valence-electron chi connectivity index (χ0n) is 26.0. The second-order valence-corrected chi connectivity index (χ2v) is 11.5. The van der Waals surface area contributed by atoms with Crippen LogP contribution in [0.1, 0.15) is 74.2 Å². The van der Waals surface area contributed by atoms with Crippen molar-refractivity contribution in [3.63, 3.8) is 0 Å². The molecule has 240 valence electrons. The fourth-order valence-electron chi connectivity index (χ4n) is 6.10. The largest absolute Gasteiger partial charge is 0.466 e. The van der Waals surface area contributed by atoms with E-state index in [2.05, 4.69) is 10.2 Å². The van der Waals surface area contributed by atoms with Crippen LogP contribution in [0.25, 0.3) is 0 Å². The molecule has 0 amide bonds. The van der Waals surface area contributed by atoms with Crippen molar-refractivity contribution in [2.45, 2.75) is 58.3 Å². The molecule has 0 saturated carbocycles. The average Bonchev–Trinajstić information content (AvgIpc) is 3.03. The lowest BCUT2D eigenvalue weighted by Gasteiger charge is -2.31. The molecule has 0 radical (unpaired) electrons. The minimum atomic E-state index is -0.888. The number of hydrogen-bond donors (Lipinski definition) is 1. The van der Waals surface area contributed by atoms with Crippen LogP contribution >= 0.6 is 0 Å². The first-order valence-corrected chi connectivity index (χ1v) is 15.3. The molecule has 1 unspecified atom stereocenters. The van der Waals surface area contributed by atoms with Crippen LogP contribution < -0.4 is 5.32 Å².